The highest BCUT2D eigenvalue weighted by Gasteiger charge is 2.05. The van der Waals surface area contributed by atoms with Crippen LogP contribution >= 0.6 is 11.8 Å². The minimum Gasteiger partial charge on any atom is -0.383 e. The Morgan fingerprint density at radius 2 is 0.968 bits per heavy atom. The molecule has 2 unspecified atom stereocenters. The summed E-state index contributed by atoms with van der Waals surface area (Å²) in [5.74, 6) is 0. The molecule has 0 heterocycles. The van der Waals surface area contributed by atoms with Gasteiger partial charge in [-0.2, -0.15) is 0 Å². The summed E-state index contributed by atoms with van der Waals surface area (Å²) in [6.07, 6.45) is 13.1. The number of rotatable bonds is 16. The standard InChI is InChI=1S/C28H44N2S/c1-5-7-9-11-13-23(3)29-25-15-19-27(20-16-25)31-28-21-17-26(18-22-28)30-24(4)14-12-10-8-6-2/h15-24,29-30H,5-14H2,1-4H3. The van der Waals surface area contributed by atoms with E-state index in [-0.39, 0.29) is 0 Å². The lowest BCUT2D eigenvalue weighted by atomic mass is 10.1. The van der Waals surface area contributed by atoms with Crippen molar-refractivity contribution in [2.24, 2.45) is 0 Å². The minimum atomic E-state index is 0.532. The molecule has 0 aliphatic rings. The third kappa shape index (κ3) is 11.0. The van der Waals surface area contributed by atoms with Gasteiger partial charge < -0.3 is 10.6 Å². The van der Waals surface area contributed by atoms with Gasteiger partial charge >= 0.3 is 0 Å². The van der Waals surface area contributed by atoms with E-state index < -0.39 is 0 Å². The van der Waals surface area contributed by atoms with Crippen LogP contribution in [0.25, 0.3) is 0 Å². The molecular weight excluding hydrogens is 396 g/mol. The van der Waals surface area contributed by atoms with Gasteiger partial charge in [0.05, 0.1) is 0 Å². The van der Waals surface area contributed by atoms with Gasteiger partial charge in [0.1, 0.15) is 0 Å². The Bertz CT molecular complexity index is 634. The van der Waals surface area contributed by atoms with Crippen molar-refractivity contribution >= 4 is 23.1 Å². The smallest absolute Gasteiger partial charge is 0.0342 e. The fourth-order valence-corrected chi connectivity index (χ4v) is 4.66. The van der Waals surface area contributed by atoms with Gasteiger partial charge in [-0.3, -0.25) is 0 Å². The zero-order valence-electron chi connectivity index (χ0n) is 20.3. The van der Waals surface area contributed by atoms with Crippen molar-refractivity contribution in [3.05, 3.63) is 48.5 Å². The summed E-state index contributed by atoms with van der Waals surface area (Å²) >= 11 is 1.83. The van der Waals surface area contributed by atoms with Crippen LogP contribution in [0.15, 0.2) is 58.3 Å². The second kappa shape index (κ2) is 15.2. The summed E-state index contributed by atoms with van der Waals surface area (Å²) in [4.78, 5) is 2.57. The maximum Gasteiger partial charge on any atom is 0.0342 e. The highest BCUT2D eigenvalue weighted by atomic mass is 32.2. The average molecular weight is 441 g/mol. The van der Waals surface area contributed by atoms with E-state index in [1.54, 1.807) is 0 Å². The molecule has 3 heteroatoms. The predicted octanol–water partition coefficient (Wildman–Crippen LogP) is 9.38. The predicted molar refractivity (Wildman–Crippen MR) is 141 cm³/mol. The van der Waals surface area contributed by atoms with Crippen LogP contribution in [0.4, 0.5) is 11.4 Å². The number of hydrogen-bond donors (Lipinski definition) is 2. The van der Waals surface area contributed by atoms with Gasteiger partial charge in [-0.05, 0) is 75.2 Å². The molecule has 0 aromatic heterocycles. The van der Waals surface area contributed by atoms with Crippen LogP contribution < -0.4 is 10.6 Å². The fourth-order valence-electron chi connectivity index (χ4n) is 3.84. The first kappa shape index (κ1) is 25.6. The summed E-state index contributed by atoms with van der Waals surface area (Å²) in [5.41, 5.74) is 2.44. The lowest BCUT2D eigenvalue weighted by molar-refractivity contribution is 0.594. The van der Waals surface area contributed by atoms with E-state index >= 15 is 0 Å². The number of unbranched alkanes of at least 4 members (excludes halogenated alkanes) is 6. The number of anilines is 2. The van der Waals surface area contributed by atoms with Crippen LogP contribution in [0, 0.1) is 0 Å². The first-order chi connectivity index (χ1) is 15.1. The van der Waals surface area contributed by atoms with Crippen molar-refractivity contribution < 1.29 is 0 Å². The molecule has 0 aliphatic carbocycles. The largest absolute Gasteiger partial charge is 0.383 e. The number of hydrogen-bond acceptors (Lipinski definition) is 3. The van der Waals surface area contributed by atoms with E-state index in [9.17, 15) is 0 Å². The fraction of sp³-hybridized carbons (Fsp3) is 0.571. The van der Waals surface area contributed by atoms with Crippen molar-refractivity contribution in [1.82, 2.24) is 0 Å². The number of nitrogens with one attached hydrogen (secondary N) is 2. The van der Waals surface area contributed by atoms with Crippen LogP contribution in [0.1, 0.15) is 91.9 Å². The molecule has 2 aromatic carbocycles. The van der Waals surface area contributed by atoms with E-state index in [2.05, 4.69) is 86.9 Å². The zero-order valence-corrected chi connectivity index (χ0v) is 21.1. The van der Waals surface area contributed by atoms with Crippen LogP contribution in [-0.4, -0.2) is 12.1 Å². The van der Waals surface area contributed by atoms with E-state index in [4.69, 9.17) is 0 Å². The van der Waals surface area contributed by atoms with E-state index in [0.717, 1.165) is 0 Å². The molecule has 0 saturated carbocycles. The summed E-state index contributed by atoms with van der Waals surface area (Å²) < 4.78 is 0. The molecule has 0 spiro atoms. The molecule has 2 atom stereocenters. The quantitative estimate of drug-likeness (QED) is 0.254. The van der Waals surface area contributed by atoms with Crippen LogP contribution in [0.3, 0.4) is 0 Å². The molecule has 31 heavy (non-hydrogen) atoms. The Labute approximate surface area is 196 Å². The Balaban J connectivity index is 1.74. The third-order valence-corrected chi connectivity index (χ3v) is 6.77. The van der Waals surface area contributed by atoms with E-state index in [1.165, 1.54) is 85.4 Å². The minimum absolute atomic E-state index is 0.532. The normalized spacial score (nSPS) is 13.0. The Hall–Kier alpha value is -1.61. The molecule has 0 amide bonds. The SMILES string of the molecule is CCCCCCC(C)Nc1ccc(Sc2ccc(NC(C)CCCCCC)cc2)cc1. The van der Waals surface area contributed by atoms with Gasteiger partial charge in [-0.15, -0.1) is 0 Å². The van der Waals surface area contributed by atoms with Gasteiger partial charge in [-0.25, -0.2) is 0 Å². The highest BCUT2D eigenvalue weighted by molar-refractivity contribution is 7.99. The van der Waals surface area contributed by atoms with Gasteiger partial charge in [0.2, 0.25) is 0 Å². The monoisotopic (exact) mass is 440 g/mol. The summed E-state index contributed by atoms with van der Waals surface area (Å²) in [6, 6.07) is 18.8. The highest BCUT2D eigenvalue weighted by Crippen LogP contribution is 2.30. The summed E-state index contributed by atoms with van der Waals surface area (Å²) in [7, 11) is 0. The van der Waals surface area contributed by atoms with Gasteiger partial charge in [0, 0.05) is 33.2 Å². The van der Waals surface area contributed by atoms with Crippen LogP contribution in [0.2, 0.25) is 0 Å². The van der Waals surface area contributed by atoms with E-state index in [0.29, 0.717) is 12.1 Å². The Morgan fingerprint density at radius 1 is 0.581 bits per heavy atom. The molecule has 0 fully saturated rings. The molecule has 0 radical (unpaired) electrons. The molecular formula is C28H44N2S. The van der Waals surface area contributed by atoms with Gasteiger partial charge in [0.25, 0.3) is 0 Å². The lowest BCUT2D eigenvalue weighted by Gasteiger charge is -2.16. The maximum absolute atomic E-state index is 3.64. The van der Waals surface area contributed by atoms with E-state index in [1.807, 2.05) is 11.8 Å². The molecule has 0 aliphatic heterocycles. The second-order valence-electron chi connectivity index (χ2n) is 8.94. The van der Waals surface area contributed by atoms with Gasteiger partial charge in [-0.1, -0.05) is 77.0 Å². The zero-order chi connectivity index (χ0) is 22.3. The molecule has 0 saturated heterocycles. The molecule has 2 nitrogen and oxygen atoms in total. The topological polar surface area (TPSA) is 24.1 Å². The molecule has 172 valence electrons. The maximum atomic E-state index is 3.64. The van der Waals surface area contributed by atoms with Crippen molar-refractivity contribution in [3.8, 4) is 0 Å². The summed E-state index contributed by atoms with van der Waals surface area (Å²) in [5, 5.41) is 7.28. The van der Waals surface area contributed by atoms with Crippen molar-refractivity contribution in [1.29, 1.82) is 0 Å². The molecule has 2 N–H and O–H groups in total. The van der Waals surface area contributed by atoms with Crippen molar-refractivity contribution in [2.45, 2.75) is 114 Å². The first-order valence-electron chi connectivity index (χ1n) is 12.5. The van der Waals surface area contributed by atoms with Crippen molar-refractivity contribution in [2.75, 3.05) is 10.6 Å². The lowest BCUT2D eigenvalue weighted by Crippen LogP contribution is -2.14. The number of benzene rings is 2. The Morgan fingerprint density at radius 3 is 1.32 bits per heavy atom. The second-order valence-corrected chi connectivity index (χ2v) is 10.1. The van der Waals surface area contributed by atoms with Crippen LogP contribution in [0.5, 0.6) is 0 Å². The van der Waals surface area contributed by atoms with Crippen LogP contribution in [-0.2, 0) is 0 Å². The van der Waals surface area contributed by atoms with Crippen molar-refractivity contribution in [3.63, 3.8) is 0 Å². The molecule has 2 rings (SSSR count). The third-order valence-electron chi connectivity index (χ3n) is 5.75. The Kier molecular flexibility index (Phi) is 12.6. The van der Waals surface area contributed by atoms with Gasteiger partial charge in [0.15, 0.2) is 0 Å². The summed E-state index contributed by atoms with van der Waals surface area (Å²) in [6.45, 7) is 9.11. The molecule has 2 aromatic rings. The molecule has 0 bridgehead atoms. The average Bonchev–Trinajstić information content (AvgIpc) is 2.77. The first-order valence-corrected chi connectivity index (χ1v) is 13.3.